The third-order valence-electron chi connectivity index (χ3n) is 4.29. The van der Waals surface area contributed by atoms with Crippen molar-refractivity contribution < 1.29 is 14.5 Å². The minimum atomic E-state index is -0.462. The van der Waals surface area contributed by atoms with E-state index in [-0.39, 0.29) is 30.3 Å². The summed E-state index contributed by atoms with van der Waals surface area (Å²) >= 11 is 0. The second kappa shape index (κ2) is 8.39. The first kappa shape index (κ1) is 19.3. The molecule has 9 heteroatoms. The molecule has 0 radical (unpaired) electrons. The second-order valence-corrected chi connectivity index (χ2v) is 6.65. The zero-order valence-corrected chi connectivity index (χ0v) is 15.3. The van der Waals surface area contributed by atoms with Gasteiger partial charge in [-0.3, -0.25) is 24.5 Å². The van der Waals surface area contributed by atoms with Gasteiger partial charge in [-0.05, 0) is 34.1 Å². The molecule has 0 spiro atoms. The van der Waals surface area contributed by atoms with Gasteiger partial charge in [0.1, 0.15) is 17.9 Å². The number of morpholine rings is 1. The van der Waals surface area contributed by atoms with Crippen molar-refractivity contribution in [2.24, 2.45) is 0 Å². The van der Waals surface area contributed by atoms with Gasteiger partial charge in [0.15, 0.2) is 0 Å². The molecular weight excluding hydrogens is 326 g/mol. The minimum absolute atomic E-state index is 0.00780. The molecule has 2 heterocycles. The number of nitro groups is 1. The monoisotopic (exact) mass is 353 g/mol. The molecular formula is C16H27N5O4. The predicted molar refractivity (Wildman–Crippen MR) is 92.4 cm³/mol. The van der Waals surface area contributed by atoms with Crippen LogP contribution in [0.4, 0.5) is 5.69 Å². The molecule has 1 N–H and O–H groups in total. The van der Waals surface area contributed by atoms with E-state index in [1.165, 1.54) is 4.68 Å². The Bertz CT molecular complexity index is 620. The number of carbonyl (C=O) groups is 1. The Morgan fingerprint density at radius 2 is 2.00 bits per heavy atom. The maximum Gasteiger partial charge on any atom is 0.312 e. The van der Waals surface area contributed by atoms with Crippen LogP contribution >= 0.6 is 0 Å². The summed E-state index contributed by atoms with van der Waals surface area (Å²) in [5, 5.41) is 17.9. The van der Waals surface area contributed by atoms with Crippen molar-refractivity contribution in [3.05, 3.63) is 21.5 Å². The number of nitrogens with zero attached hydrogens (tertiary/aromatic N) is 4. The summed E-state index contributed by atoms with van der Waals surface area (Å²) in [6, 6.07) is 0. The van der Waals surface area contributed by atoms with Crippen LogP contribution in [0.1, 0.15) is 31.7 Å². The van der Waals surface area contributed by atoms with Crippen molar-refractivity contribution in [2.75, 3.05) is 26.2 Å². The summed E-state index contributed by atoms with van der Waals surface area (Å²) in [5.41, 5.74) is 0.697. The Kier molecular flexibility index (Phi) is 6.49. The van der Waals surface area contributed by atoms with Crippen LogP contribution in [-0.2, 0) is 16.1 Å². The van der Waals surface area contributed by atoms with Crippen LogP contribution in [0.25, 0.3) is 0 Å². The number of amides is 1. The molecule has 0 aromatic carbocycles. The second-order valence-electron chi connectivity index (χ2n) is 6.65. The van der Waals surface area contributed by atoms with Crippen molar-refractivity contribution in [2.45, 2.75) is 52.9 Å². The largest absolute Gasteiger partial charge is 0.373 e. The molecule has 2 rings (SSSR count). The first-order valence-corrected chi connectivity index (χ1v) is 8.60. The number of ether oxygens (including phenoxy) is 1. The molecule has 0 saturated carbocycles. The average molecular weight is 353 g/mol. The van der Waals surface area contributed by atoms with Gasteiger partial charge in [-0.2, -0.15) is 5.10 Å². The van der Waals surface area contributed by atoms with E-state index in [9.17, 15) is 14.9 Å². The van der Waals surface area contributed by atoms with Crippen LogP contribution in [0.2, 0.25) is 0 Å². The van der Waals surface area contributed by atoms with E-state index in [0.717, 1.165) is 26.1 Å². The quantitative estimate of drug-likeness (QED) is 0.446. The molecule has 9 nitrogen and oxygen atoms in total. The Morgan fingerprint density at radius 1 is 1.36 bits per heavy atom. The maximum absolute atomic E-state index is 12.0. The summed E-state index contributed by atoms with van der Waals surface area (Å²) in [6.45, 7) is 10.6. The lowest BCUT2D eigenvalue weighted by atomic mass is 10.2. The van der Waals surface area contributed by atoms with E-state index in [1.807, 2.05) is 0 Å². The molecule has 1 fully saturated rings. The summed E-state index contributed by atoms with van der Waals surface area (Å²) in [6.07, 6.45) is 1.32. The van der Waals surface area contributed by atoms with Crippen molar-refractivity contribution >= 4 is 11.6 Å². The molecule has 1 saturated heterocycles. The van der Waals surface area contributed by atoms with Gasteiger partial charge in [0.05, 0.1) is 17.1 Å². The summed E-state index contributed by atoms with van der Waals surface area (Å²) in [4.78, 5) is 24.9. The first-order chi connectivity index (χ1) is 11.8. The smallest absolute Gasteiger partial charge is 0.312 e. The number of rotatable bonds is 7. The van der Waals surface area contributed by atoms with E-state index in [4.69, 9.17) is 4.74 Å². The molecule has 0 bridgehead atoms. The minimum Gasteiger partial charge on any atom is -0.373 e. The fraction of sp³-hybridized carbons (Fsp3) is 0.750. The van der Waals surface area contributed by atoms with Crippen LogP contribution in [0.5, 0.6) is 0 Å². The van der Waals surface area contributed by atoms with Gasteiger partial charge >= 0.3 is 5.69 Å². The first-order valence-electron chi connectivity index (χ1n) is 8.60. The van der Waals surface area contributed by atoms with Crippen LogP contribution in [0.15, 0.2) is 0 Å². The number of hydrogen-bond acceptors (Lipinski definition) is 6. The van der Waals surface area contributed by atoms with Crippen molar-refractivity contribution in [1.29, 1.82) is 0 Å². The Hall–Kier alpha value is -2.00. The third kappa shape index (κ3) is 5.23. The number of hydrogen-bond donors (Lipinski definition) is 1. The molecule has 1 aliphatic heterocycles. The molecule has 1 aliphatic rings. The van der Waals surface area contributed by atoms with E-state index in [1.54, 1.807) is 13.8 Å². The highest BCUT2D eigenvalue weighted by Gasteiger charge is 2.23. The van der Waals surface area contributed by atoms with Gasteiger partial charge in [-0.15, -0.1) is 0 Å². The Morgan fingerprint density at radius 3 is 2.56 bits per heavy atom. The fourth-order valence-corrected chi connectivity index (χ4v) is 3.30. The Balaban J connectivity index is 1.74. The average Bonchev–Trinajstić information content (AvgIpc) is 2.77. The fourth-order valence-electron chi connectivity index (χ4n) is 3.30. The highest BCUT2D eigenvalue weighted by atomic mass is 16.6. The summed E-state index contributed by atoms with van der Waals surface area (Å²) in [7, 11) is 0. The third-order valence-corrected chi connectivity index (χ3v) is 4.29. The molecule has 140 valence electrons. The zero-order chi connectivity index (χ0) is 18.6. The number of nitrogens with one attached hydrogen (secondary N) is 1. The normalized spacial score (nSPS) is 21.3. The van der Waals surface area contributed by atoms with Crippen molar-refractivity contribution in [1.82, 2.24) is 20.0 Å². The molecule has 1 aromatic heterocycles. The standard InChI is InChI=1S/C16H27N5O4/c1-11-8-19(9-12(2)25-11)7-5-6-17-15(22)10-20-14(4)16(21(23)24)13(3)18-20/h11-12H,5-10H2,1-4H3,(H,17,22). The number of carbonyl (C=O) groups excluding carboxylic acids is 1. The lowest BCUT2D eigenvalue weighted by Crippen LogP contribution is -2.46. The van der Waals surface area contributed by atoms with Gasteiger partial charge in [0.25, 0.3) is 0 Å². The molecule has 0 aliphatic carbocycles. The molecule has 2 atom stereocenters. The van der Waals surface area contributed by atoms with Crippen LogP contribution in [0.3, 0.4) is 0 Å². The van der Waals surface area contributed by atoms with Gasteiger partial charge in [0.2, 0.25) is 5.91 Å². The lowest BCUT2D eigenvalue weighted by Gasteiger charge is -2.35. The van der Waals surface area contributed by atoms with E-state index >= 15 is 0 Å². The van der Waals surface area contributed by atoms with Gasteiger partial charge in [-0.25, -0.2) is 0 Å². The van der Waals surface area contributed by atoms with Gasteiger partial charge in [-0.1, -0.05) is 0 Å². The molecule has 1 amide bonds. The Labute approximate surface area is 147 Å². The SMILES string of the molecule is Cc1nn(CC(=O)NCCCN2CC(C)OC(C)C2)c(C)c1[N+](=O)[O-]. The van der Waals surface area contributed by atoms with Gasteiger partial charge in [0, 0.05) is 26.2 Å². The topological polar surface area (TPSA) is 103 Å². The lowest BCUT2D eigenvalue weighted by molar-refractivity contribution is -0.386. The van der Waals surface area contributed by atoms with E-state index < -0.39 is 4.92 Å². The zero-order valence-electron chi connectivity index (χ0n) is 15.3. The molecule has 1 aromatic rings. The van der Waals surface area contributed by atoms with E-state index in [2.05, 4.69) is 29.2 Å². The highest BCUT2D eigenvalue weighted by molar-refractivity contribution is 5.75. The van der Waals surface area contributed by atoms with Crippen LogP contribution in [0, 0.1) is 24.0 Å². The molecule has 25 heavy (non-hydrogen) atoms. The van der Waals surface area contributed by atoms with Crippen molar-refractivity contribution in [3.63, 3.8) is 0 Å². The maximum atomic E-state index is 12.0. The van der Waals surface area contributed by atoms with Crippen LogP contribution < -0.4 is 5.32 Å². The summed E-state index contributed by atoms with van der Waals surface area (Å²) in [5.74, 6) is -0.191. The van der Waals surface area contributed by atoms with E-state index in [0.29, 0.717) is 17.9 Å². The predicted octanol–water partition coefficient (Wildman–Crippen LogP) is 1.02. The van der Waals surface area contributed by atoms with Crippen molar-refractivity contribution in [3.8, 4) is 0 Å². The van der Waals surface area contributed by atoms with Crippen LogP contribution in [-0.4, -0.2) is 63.9 Å². The number of aryl methyl sites for hydroxylation is 1. The highest BCUT2D eigenvalue weighted by Crippen LogP contribution is 2.21. The summed E-state index contributed by atoms with van der Waals surface area (Å²) < 4.78 is 7.08. The van der Waals surface area contributed by atoms with Gasteiger partial charge < -0.3 is 10.1 Å². The number of aromatic nitrogens is 2. The molecule has 2 unspecified atom stereocenters.